The zero-order valence-electron chi connectivity index (χ0n) is 16.1. The molecule has 0 spiro atoms. The van der Waals surface area contributed by atoms with Crippen molar-refractivity contribution < 1.29 is 9.47 Å². The average Bonchev–Trinajstić information content (AvgIpc) is 3.16. The molecule has 6 nitrogen and oxygen atoms in total. The molecule has 26 heavy (non-hydrogen) atoms. The van der Waals surface area contributed by atoms with E-state index in [1.54, 1.807) is 0 Å². The first-order valence-corrected chi connectivity index (χ1v) is 9.87. The number of nitrogens with one attached hydrogen (secondary N) is 1. The Morgan fingerprint density at radius 1 is 1.27 bits per heavy atom. The van der Waals surface area contributed by atoms with E-state index in [1.807, 2.05) is 19.1 Å². The van der Waals surface area contributed by atoms with Crippen molar-refractivity contribution in [1.29, 1.82) is 0 Å². The Labute approximate surface area is 157 Å². The Balaban J connectivity index is 1.61. The second kappa shape index (κ2) is 9.78. The van der Waals surface area contributed by atoms with E-state index in [-0.39, 0.29) is 0 Å². The fourth-order valence-corrected chi connectivity index (χ4v) is 3.67. The molecule has 1 unspecified atom stereocenters. The number of hydrogen-bond acceptors (Lipinski definition) is 4. The van der Waals surface area contributed by atoms with Crippen molar-refractivity contribution in [3.05, 3.63) is 29.8 Å². The Morgan fingerprint density at radius 3 is 2.88 bits per heavy atom. The van der Waals surface area contributed by atoms with Crippen LogP contribution in [0, 0.1) is 0 Å². The number of nitrogens with zero attached hydrogens (tertiary/aromatic N) is 3. The highest BCUT2D eigenvalue weighted by Crippen LogP contribution is 2.18. The van der Waals surface area contributed by atoms with E-state index in [0.717, 1.165) is 57.6 Å². The highest BCUT2D eigenvalue weighted by atomic mass is 16.5. The van der Waals surface area contributed by atoms with E-state index in [1.165, 1.54) is 12.0 Å². The molecular formula is C20H32N4O2. The van der Waals surface area contributed by atoms with E-state index in [4.69, 9.17) is 14.5 Å². The van der Waals surface area contributed by atoms with Gasteiger partial charge in [-0.25, -0.2) is 4.99 Å². The summed E-state index contributed by atoms with van der Waals surface area (Å²) in [5.74, 6) is 1.93. The highest BCUT2D eigenvalue weighted by molar-refractivity contribution is 5.80. The third kappa shape index (κ3) is 5.11. The summed E-state index contributed by atoms with van der Waals surface area (Å²) in [4.78, 5) is 9.85. The fraction of sp³-hybridized carbons (Fsp3) is 0.650. The first-order chi connectivity index (χ1) is 12.8. The number of hydrogen-bond donors (Lipinski definition) is 1. The zero-order chi connectivity index (χ0) is 18.2. The summed E-state index contributed by atoms with van der Waals surface area (Å²) in [6.45, 7) is 12.3. The Hall–Kier alpha value is -1.79. The van der Waals surface area contributed by atoms with Gasteiger partial charge in [0.25, 0.3) is 0 Å². The predicted molar refractivity (Wildman–Crippen MR) is 105 cm³/mol. The fourth-order valence-electron chi connectivity index (χ4n) is 3.67. The minimum absolute atomic E-state index is 0.615. The van der Waals surface area contributed by atoms with Crippen molar-refractivity contribution in [3.8, 4) is 5.75 Å². The minimum atomic E-state index is 0.615. The normalized spacial score (nSPS) is 21.8. The quantitative estimate of drug-likeness (QED) is 0.621. The molecule has 2 aliphatic rings. The maximum atomic E-state index is 5.59. The van der Waals surface area contributed by atoms with Crippen LogP contribution in [0.25, 0.3) is 0 Å². The molecule has 0 amide bonds. The second-order valence-corrected chi connectivity index (χ2v) is 6.79. The third-order valence-corrected chi connectivity index (χ3v) is 4.98. The van der Waals surface area contributed by atoms with E-state index >= 15 is 0 Å². The molecule has 2 heterocycles. The van der Waals surface area contributed by atoms with Gasteiger partial charge in [0.1, 0.15) is 5.75 Å². The zero-order valence-corrected chi connectivity index (χ0v) is 16.1. The van der Waals surface area contributed by atoms with Crippen LogP contribution in [0.15, 0.2) is 29.3 Å². The molecule has 1 N–H and O–H groups in total. The lowest BCUT2D eigenvalue weighted by atomic mass is 10.2. The Morgan fingerprint density at radius 2 is 2.12 bits per heavy atom. The molecule has 144 valence electrons. The van der Waals surface area contributed by atoms with Gasteiger partial charge in [0, 0.05) is 38.8 Å². The van der Waals surface area contributed by atoms with Crippen LogP contribution >= 0.6 is 0 Å². The molecule has 2 saturated heterocycles. The number of rotatable bonds is 6. The summed E-state index contributed by atoms with van der Waals surface area (Å²) in [6.07, 6.45) is 1.20. The van der Waals surface area contributed by atoms with Gasteiger partial charge in [0.15, 0.2) is 5.96 Å². The van der Waals surface area contributed by atoms with Gasteiger partial charge in [0.05, 0.1) is 26.4 Å². The van der Waals surface area contributed by atoms with Crippen LogP contribution in [0.3, 0.4) is 0 Å². The van der Waals surface area contributed by atoms with Crippen LogP contribution in [0.5, 0.6) is 5.75 Å². The van der Waals surface area contributed by atoms with Crippen molar-refractivity contribution in [2.75, 3.05) is 52.5 Å². The summed E-state index contributed by atoms with van der Waals surface area (Å²) in [5, 5.41) is 3.46. The van der Waals surface area contributed by atoms with Crippen LogP contribution in [-0.4, -0.2) is 74.3 Å². The maximum absolute atomic E-state index is 5.59. The lowest BCUT2D eigenvalue weighted by Gasteiger charge is -2.32. The summed E-state index contributed by atoms with van der Waals surface area (Å²) in [5.41, 5.74) is 1.18. The van der Waals surface area contributed by atoms with Crippen LogP contribution in [0.1, 0.15) is 25.8 Å². The maximum Gasteiger partial charge on any atom is 0.194 e. The number of likely N-dealkylation sites (tertiary alicyclic amines) is 1. The van der Waals surface area contributed by atoms with Gasteiger partial charge in [0.2, 0.25) is 0 Å². The molecule has 2 fully saturated rings. The number of aliphatic imine (C=N–C) groups is 1. The van der Waals surface area contributed by atoms with E-state index in [9.17, 15) is 0 Å². The lowest BCUT2D eigenvalue weighted by molar-refractivity contribution is 0.0195. The van der Waals surface area contributed by atoms with Crippen LogP contribution in [-0.2, 0) is 11.3 Å². The smallest absolute Gasteiger partial charge is 0.194 e. The lowest BCUT2D eigenvalue weighted by Crippen LogP contribution is -2.46. The molecule has 1 aromatic rings. The average molecular weight is 361 g/mol. The highest BCUT2D eigenvalue weighted by Gasteiger charge is 2.30. The van der Waals surface area contributed by atoms with Crippen molar-refractivity contribution in [1.82, 2.24) is 15.1 Å². The number of morpholine rings is 1. The molecule has 0 aliphatic carbocycles. The number of benzene rings is 1. The van der Waals surface area contributed by atoms with Crippen LogP contribution in [0.2, 0.25) is 0 Å². The SMILES string of the molecule is CCNC(=NCc1cccc(OCC)c1)N1CCC(N2CCOCC2)C1. The van der Waals surface area contributed by atoms with Gasteiger partial charge in [-0.3, -0.25) is 4.90 Å². The predicted octanol–water partition coefficient (Wildman–Crippen LogP) is 1.96. The van der Waals surface area contributed by atoms with Crippen molar-refractivity contribution in [2.24, 2.45) is 4.99 Å². The molecule has 1 aromatic carbocycles. The van der Waals surface area contributed by atoms with Gasteiger partial charge >= 0.3 is 0 Å². The van der Waals surface area contributed by atoms with Gasteiger partial charge in [-0.15, -0.1) is 0 Å². The third-order valence-electron chi connectivity index (χ3n) is 4.98. The summed E-state index contributed by atoms with van der Waals surface area (Å²) >= 11 is 0. The molecule has 6 heteroatoms. The van der Waals surface area contributed by atoms with Gasteiger partial charge in [-0.05, 0) is 38.0 Å². The van der Waals surface area contributed by atoms with Crippen LogP contribution < -0.4 is 10.1 Å². The molecule has 0 radical (unpaired) electrons. The molecule has 0 saturated carbocycles. The standard InChI is InChI=1S/C20H32N4O2/c1-3-21-20(22-15-17-6-5-7-19(14-17)26-4-2)24-9-8-18(16-24)23-10-12-25-13-11-23/h5-7,14,18H,3-4,8-13,15-16H2,1-2H3,(H,21,22). The van der Waals surface area contributed by atoms with Crippen molar-refractivity contribution >= 4 is 5.96 Å². The largest absolute Gasteiger partial charge is 0.494 e. The van der Waals surface area contributed by atoms with Crippen molar-refractivity contribution in [2.45, 2.75) is 32.9 Å². The Kier molecular flexibility index (Phi) is 7.14. The number of ether oxygens (including phenoxy) is 2. The van der Waals surface area contributed by atoms with E-state index < -0.39 is 0 Å². The molecule has 0 bridgehead atoms. The first kappa shape index (κ1) is 19.0. The monoisotopic (exact) mass is 360 g/mol. The molecule has 2 aliphatic heterocycles. The van der Waals surface area contributed by atoms with E-state index in [2.05, 4.69) is 34.2 Å². The van der Waals surface area contributed by atoms with E-state index in [0.29, 0.717) is 19.2 Å². The second-order valence-electron chi connectivity index (χ2n) is 6.79. The topological polar surface area (TPSA) is 49.3 Å². The van der Waals surface area contributed by atoms with Crippen LogP contribution in [0.4, 0.5) is 0 Å². The summed E-state index contributed by atoms with van der Waals surface area (Å²) in [7, 11) is 0. The molecular weight excluding hydrogens is 328 g/mol. The van der Waals surface area contributed by atoms with Gasteiger partial charge in [-0.2, -0.15) is 0 Å². The molecule has 0 aromatic heterocycles. The first-order valence-electron chi connectivity index (χ1n) is 9.87. The van der Waals surface area contributed by atoms with Crippen molar-refractivity contribution in [3.63, 3.8) is 0 Å². The van der Waals surface area contributed by atoms with Gasteiger partial charge < -0.3 is 19.7 Å². The number of guanidine groups is 1. The molecule has 1 atom stereocenters. The Bertz CT molecular complexity index is 587. The summed E-state index contributed by atoms with van der Waals surface area (Å²) in [6, 6.07) is 8.83. The van der Waals surface area contributed by atoms with Gasteiger partial charge in [-0.1, -0.05) is 12.1 Å². The summed E-state index contributed by atoms with van der Waals surface area (Å²) < 4.78 is 11.1. The minimum Gasteiger partial charge on any atom is -0.494 e. The molecule has 3 rings (SSSR count).